The number of anilines is 2. The van der Waals surface area contributed by atoms with Crippen molar-refractivity contribution in [3.63, 3.8) is 0 Å². The van der Waals surface area contributed by atoms with Gasteiger partial charge in [0.25, 0.3) is 0 Å². The highest BCUT2D eigenvalue weighted by molar-refractivity contribution is 7.90. The highest BCUT2D eigenvalue weighted by atomic mass is 35.5. The first-order valence-electron chi connectivity index (χ1n) is 9.48. The van der Waals surface area contributed by atoms with Crippen LogP contribution >= 0.6 is 11.6 Å². The number of para-hydroxylation sites is 1. The second kappa shape index (κ2) is 8.57. The Hall–Kier alpha value is -2.71. The van der Waals surface area contributed by atoms with Crippen LogP contribution in [-0.4, -0.2) is 44.8 Å². The van der Waals surface area contributed by atoms with Gasteiger partial charge in [-0.2, -0.15) is 0 Å². The molecule has 2 heterocycles. The summed E-state index contributed by atoms with van der Waals surface area (Å²) in [5.74, 6) is 0.203. The molecule has 0 saturated carbocycles. The number of piperazine rings is 1. The molecule has 1 aromatic heterocycles. The third-order valence-corrected chi connectivity index (χ3v) is 6.83. The maximum atomic E-state index is 14.0. The number of halogens is 2. The molecule has 1 fully saturated rings. The smallest absolute Gasteiger partial charge is 0.201 e. The Morgan fingerprint density at radius 2 is 1.53 bits per heavy atom. The van der Waals surface area contributed by atoms with Crippen molar-refractivity contribution in [2.75, 3.05) is 36.0 Å². The summed E-state index contributed by atoms with van der Waals surface area (Å²) in [5.41, 5.74) is 1.22. The van der Waals surface area contributed by atoms with E-state index in [1.165, 1.54) is 12.1 Å². The second-order valence-corrected chi connectivity index (χ2v) is 9.41. The molecule has 156 valence electrons. The van der Waals surface area contributed by atoms with E-state index in [1.54, 1.807) is 42.5 Å². The van der Waals surface area contributed by atoms with Crippen molar-refractivity contribution < 1.29 is 12.8 Å². The molecule has 30 heavy (non-hydrogen) atoms. The quantitative estimate of drug-likeness (QED) is 0.597. The maximum Gasteiger partial charge on any atom is 0.201 e. The van der Waals surface area contributed by atoms with Crippen molar-refractivity contribution in [3.8, 4) is 0 Å². The lowest BCUT2D eigenvalue weighted by atomic mass is 10.2. The van der Waals surface area contributed by atoms with Crippen molar-refractivity contribution in [2.24, 2.45) is 0 Å². The van der Waals surface area contributed by atoms with Gasteiger partial charge in [-0.05, 0) is 42.0 Å². The van der Waals surface area contributed by atoms with Gasteiger partial charge in [-0.3, -0.25) is 0 Å². The van der Waals surface area contributed by atoms with Crippen LogP contribution in [0.25, 0.3) is 0 Å². The first kappa shape index (κ1) is 20.6. The van der Waals surface area contributed by atoms with Crippen LogP contribution in [0.15, 0.2) is 65.7 Å². The molecule has 2 aromatic carbocycles. The van der Waals surface area contributed by atoms with Gasteiger partial charge in [0.2, 0.25) is 9.84 Å². The molecule has 0 radical (unpaired) electrons. The average Bonchev–Trinajstić information content (AvgIpc) is 2.76. The number of hydrogen-bond acceptors (Lipinski definition) is 6. The molecule has 4 rings (SSSR count). The maximum absolute atomic E-state index is 14.0. The Morgan fingerprint density at radius 1 is 0.867 bits per heavy atom. The van der Waals surface area contributed by atoms with Crippen molar-refractivity contribution in [3.05, 3.63) is 77.1 Å². The normalized spacial score (nSPS) is 14.7. The minimum absolute atomic E-state index is 0.0637. The van der Waals surface area contributed by atoms with Crippen LogP contribution in [0.5, 0.6) is 0 Å². The molecule has 0 amide bonds. The van der Waals surface area contributed by atoms with Crippen LogP contribution in [0.3, 0.4) is 0 Å². The van der Waals surface area contributed by atoms with Gasteiger partial charge >= 0.3 is 0 Å². The van der Waals surface area contributed by atoms with E-state index in [1.807, 2.05) is 15.9 Å². The molecular formula is C21H20ClFN4O2S. The molecule has 0 spiro atoms. The van der Waals surface area contributed by atoms with Gasteiger partial charge in [0.1, 0.15) is 5.82 Å². The van der Waals surface area contributed by atoms with Crippen molar-refractivity contribution in [1.82, 2.24) is 10.2 Å². The van der Waals surface area contributed by atoms with E-state index in [0.717, 1.165) is 0 Å². The lowest BCUT2D eigenvalue weighted by Gasteiger charge is -2.36. The Balaban J connectivity index is 1.41. The monoisotopic (exact) mass is 446 g/mol. The summed E-state index contributed by atoms with van der Waals surface area (Å²) in [6, 6.07) is 16.5. The number of aromatic nitrogens is 2. The highest BCUT2D eigenvalue weighted by Gasteiger charge is 2.22. The predicted octanol–water partition coefficient (Wildman–Crippen LogP) is 3.57. The first-order chi connectivity index (χ1) is 14.4. The molecule has 0 unspecified atom stereocenters. The number of rotatable bonds is 5. The second-order valence-electron chi connectivity index (χ2n) is 7.04. The fraction of sp³-hybridized carbons (Fsp3) is 0.238. The van der Waals surface area contributed by atoms with Gasteiger partial charge in [0, 0.05) is 31.2 Å². The molecule has 0 N–H and O–H groups in total. The number of nitrogens with zero attached hydrogens (tertiary/aromatic N) is 4. The minimum Gasteiger partial charge on any atom is -0.366 e. The van der Waals surface area contributed by atoms with E-state index in [2.05, 4.69) is 10.2 Å². The van der Waals surface area contributed by atoms with E-state index in [0.29, 0.717) is 48.3 Å². The summed E-state index contributed by atoms with van der Waals surface area (Å²) in [5, 5.41) is 8.56. The van der Waals surface area contributed by atoms with Crippen molar-refractivity contribution in [1.29, 1.82) is 0 Å². The minimum atomic E-state index is -3.61. The molecule has 1 aliphatic heterocycles. The molecule has 0 bridgehead atoms. The zero-order valence-electron chi connectivity index (χ0n) is 16.1. The molecule has 1 aliphatic rings. The van der Waals surface area contributed by atoms with Gasteiger partial charge in [0.15, 0.2) is 10.8 Å². The van der Waals surface area contributed by atoms with Crippen LogP contribution in [0, 0.1) is 5.82 Å². The molecule has 1 saturated heterocycles. The summed E-state index contributed by atoms with van der Waals surface area (Å²) in [6.45, 7) is 2.55. The van der Waals surface area contributed by atoms with Crippen molar-refractivity contribution in [2.45, 2.75) is 10.8 Å². The molecule has 3 aromatic rings. The fourth-order valence-electron chi connectivity index (χ4n) is 3.41. The van der Waals surface area contributed by atoms with Gasteiger partial charge in [-0.15, -0.1) is 10.2 Å². The molecular weight excluding hydrogens is 427 g/mol. The summed E-state index contributed by atoms with van der Waals surface area (Å²) < 4.78 is 39.2. The predicted molar refractivity (Wildman–Crippen MR) is 115 cm³/mol. The molecule has 0 atom stereocenters. The zero-order chi connectivity index (χ0) is 21.1. The third kappa shape index (κ3) is 4.55. The SMILES string of the molecule is O=S(=O)(Cc1ccc(Cl)cc1)c1ccc(N2CCN(c3ccccc3F)CC2)nn1. The van der Waals surface area contributed by atoms with Crippen molar-refractivity contribution >= 4 is 32.9 Å². The third-order valence-electron chi connectivity index (χ3n) is 5.01. The Labute approximate surface area is 179 Å². The van der Waals surface area contributed by atoms with Crippen LogP contribution in [-0.2, 0) is 15.6 Å². The summed E-state index contributed by atoms with van der Waals surface area (Å²) >= 11 is 5.84. The van der Waals surface area contributed by atoms with Gasteiger partial charge in [0.05, 0.1) is 11.4 Å². The van der Waals surface area contributed by atoms with E-state index < -0.39 is 9.84 Å². The molecule has 6 nitrogen and oxygen atoms in total. The average molecular weight is 447 g/mol. The zero-order valence-corrected chi connectivity index (χ0v) is 17.7. The molecule has 9 heteroatoms. The first-order valence-corrected chi connectivity index (χ1v) is 11.5. The lowest BCUT2D eigenvalue weighted by molar-refractivity contribution is 0.586. The summed E-state index contributed by atoms with van der Waals surface area (Å²) in [7, 11) is -3.61. The Kier molecular flexibility index (Phi) is 5.87. The van der Waals surface area contributed by atoms with E-state index in [-0.39, 0.29) is 16.6 Å². The van der Waals surface area contributed by atoms with Gasteiger partial charge < -0.3 is 9.80 Å². The van der Waals surface area contributed by atoms with E-state index in [9.17, 15) is 12.8 Å². The number of benzene rings is 2. The number of sulfone groups is 1. The fourth-order valence-corrected chi connectivity index (χ4v) is 4.75. The standard InChI is InChI=1S/C21H20ClFN4O2S/c22-17-7-5-16(6-8-17)15-30(28,29)21-10-9-20(24-25-21)27-13-11-26(12-14-27)19-4-2-1-3-18(19)23/h1-10H,11-15H2. The topological polar surface area (TPSA) is 66.4 Å². The van der Waals surface area contributed by atoms with E-state index >= 15 is 0 Å². The molecule has 0 aliphatic carbocycles. The van der Waals surface area contributed by atoms with E-state index in [4.69, 9.17) is 11.6 Å². The summed E-state index contributed by atoms with van der Waals surface area (Å²) in [4.78, 5) is 4.00. The van der Waals surface area contributed by atoms with Crippen LogP contribution < -0.4 is 9.80 Å². The highest BCUT2D eigenvalue weighted by Crippen LogP contribution is 2.23. The summed E-state index contributed by atoms with van der Waals surface area (Å²) in [6.07, 6.45) is 0. The van der Waals surface area contributed by atoms with Crippen LogP contribution in [0.4, 0.5) is 15.9 Å². The Morgan fingerprint density at radius 3 is 2.17 bits per heavy atom. The van der Waals surface area contributed by atoms with Gasteiger partial charge in [-0.25, -0.2) is 12.8 Å². The Bertz CT molecular complexity index is 1120. The van der Waals surface area contributed by atoms with Gasteiger partial charge in [-0.1, -0.05) is 35.9 Å². The largest absolute Gasteiger partial charge is 0.366 e. The lowest BCUT2D eigenvalue weighted by Crippen LogP contribution is -2.47. The van der Waals surface area contributed by atoms with Crippen LogP contribution in [0.2, 0.25) is 5.02 Å². The van der Waals surface area contributed by atoms with Crippen LogP contribution in [0.1, 0.15) is 5.56 Å². The number of hydrogen-bond donors (Lipinski definition) is 0.